The highest BCUT2D eigenvalue weighted by atomic mass is 16.5. The maximum absolute atomic E-state index is 11.1. The highest BCUT2D eigenvalue weighted by molar-refractivity contribution is 5.91. The number of hydrogen-bond donors (Lipinski definition) is 2. The van der Waals surface area contributed by atoms with Gasteiger partial charge >= 0.3 is 0 Å². The van der Waals surface area contributed by atoms with Gasteiger partial charge in [-0.1, -0.05) is 19.0 Å². The number of hydrogen-bond acceptors (Lipinski definition) is 5. The maximum atomic E-state index is 11.1. The number of carbonyl (C=O) groups is 1. The number of nitrogens with two attached hydrogens (primary N) is 1. The van der Waals surface area contributed by atoms with E-state index in [4.69, 9.17) is 15.1 Å². The Morgan fingerprint density at radius 2 is 2.29 bits per heavy atom. The number of ether oxygens (including phenoxy) is 1. The summed E-state index contributed by atoms with van der Waals surface area (Å²) in [5.74, 6) is 5.60. The number of rotatable bonds is 6. The molecule has 0 aliphatic heterocycles. The molecule has 1 aromatic rings. The Hall–Kier alpha value is -1.40. The summed E-state index contributed by atoms with van der Waals surface area (Å²) in [7, 11) is 0. The molecule has 0 bridgehead atoms. The van der Waals surface area contributed by atoms with Crippen LogP contribution in [0.4, 0.5) is 0 Å². The van der Waals surface area contributed by atoms with E-state index in [1.807, 2.05) is 12.3 Å². The predicted octanol–water partition coefficient (Wildman–Crippen LogP) is 1.23. The molecule has 1 atom stereocenters. The number of nitrogens with one attached hydrogen (secondary N) is 1. The van der Waals surface area contributed by atoms with E-state index in [0.717, 1.165) is 6.42 Å². The van der Waals surface area contributed by atoms with Crippen LogP contribution >= 0.6 is 0 Å². The number of nitrogen functional groups attached to an aromatic ring is 1. The lowest BCUT2D eigenvalue weighted by Crippen LogP contribution is -2.30. The van der Waals surface area contributed by atoms with Crippen molar-refractivity contribution in [3.8, 4) is 0 Å². The van der Waals surface area contributed by atoms with Gasteiger partial charge in [-0.3, -0.25) is 10.2 Å². The predicted molar refractivity (Wildman–Crippen MR) is 61.9 cm³/mol. The minimum atomic E-state index is -0.477. The van der Waals surface area contributed by atoms with Crippen LogP contribution in [0.25, 0.3) is 0 Å². The van der Waals surface area contributed by atoms with Crippen LogP contribution in [0.1, 0.15) is 43.4 Å². The number of carbonyl (C=O) groups excluding carboxylic acids is 1. The average Bonchev–Trinajstić information content (AvgIpc) is 2.73. The molecule has 1 heterocycles. The van der Waals surface area contributed by atoms with Crippen LogP contribution in [0.5, 0.6) is 0 Å². The van der Waals surface area contributed by atoms with Crippen LogP contribution in [0.2, 0.25) is 0 Å². The molecule has 0 aliphatic carbocycles. The van der Waals surface area contributed by atoms with Crippen molar-refractivity contribution < 1.29 is 14.1 Å². The second-order valence-corrected chi connectivity index (χ2v) is 4.40. The zero-order valence-corrected chi connectivity index (χ0v) is 10.4. The van der Waals surface area contributed by atoms with E-state index in [1.165, 1.54) is 6.07 Å². The van der Waals surface area contributed by atoms with Gasteiger partial charge in [0.1, 0.15) is 6.61 Å². The van der Waals surface area contributed by atoms with E-state index in [9.17, 15) is 4.79 Å². The molecule has 6 nitrogen and oxygen atoms in total. The molecule has 6 heteroatoms. The lowest BCUT2D eigenvalue weighted by atomic mass is 10.1. The highest BCUT2D eigenvalue weighted by Gasteiger charge is 2.12. The van der Waals surface area contributed by atoms with E-state index in [2.05, 4.69) is 19.0 Å². The second-order valence-electron chi connectivity index (χ2n) is 4.40. The van der Waals surface area contributed by atoms with E-state index < -0.39 is 5.91 Å². The second kappa shape index (κ2) is 6.36. The summed E-state index contributed by atoms with van der Waals surface area (Å²) in [4.78, 5) is 11.1. The number of nitrogens with zero attached hydrogens (tertiary/aromatic N) is 1. The van der Waals surface area contributed by atoms with Gasteiger partial charge in [0.05, 0.1) is 6.10 Å². The topological polar surface area (TPSA) is 90.4 Å². The van der Waals surface area contributed by atoms with Gasteiger partial charge in [0.25, 0.3) is 5.91 Å². The van der Waals surface area contributed by atoms with Crippen LogP contribution in [0.3, 0.4) is 0 Å². The molecule has 0 aromatic carbocycles. The largest absolute Gasteiger partial charge is 0.370 e. The first kappa shape index (κ1) is 13.7. The summed E-state index contributed by atoms with van der Waals surface area (Å²) in [5.41, 5.74) is 2.14. The van der Waals surface area contributed by atoms with Crippen LogP contribution in [-0.2, 0) is 11.3 Å². The van der Waals surface area contributed by atoms with Crippen molar-refractivity contribution in [2.75, 3.05) is 0 Å². The van der Waals surface area contributed by atoms with Gasteiger partial charge in [-0.15, -0.1) is 0 Å². The highest BCUT2D eigenvalue weighted by Crippen LogP contribution is 2.11. The quantitative estimate of drug-likeness (QED) is 0.444. The molecule has 17 heavy (non-hydrogen) atoms. The van der Waals surface area contributed by atoms with E-state index in [1.54, 1.807) is 0 Å². The maximum Gasteiger partial charge on any atom is 0.287 e. The molecule has 0 spiro atoms. The Bertz CT molecular complexity index is 363. The van der Waals surface area contributed by atoms with Crippen molar-refractivity contribution in [2.24, 2.45) is 11.8 Å². The third kappa shape index (κ3) is 4.54. The molecular weight excluding hydrogens is 222 g/mol. The molecule has 0 saturated heterocycles. The number of hydrazine groups is 1. The van der Waals surface area contributed by atoms with Crippen molar-refractivity contribution in [3.63, 3.8) is 0 Å². The van der Waals surface area contributed by atoms with Gasteiger partial charge in [0, 0.05) is 6.07 Å². The third-order valence-corrected chi connectivity index (χ3v) is 2.24. The minimum Gasteiger partial charge on any atom is -0.370 e. The van der Waals surface area contributed by atoms with Crippen molar-refractivity contribution in [1.29, 1.82) is 0 Å². The lowest BCUT2D eigenvalue weighted by molar-refractivity contribution is 0.0277. The molecule has 0 aliphatic rings. The first-order valence-corrected chi connectivity index (χ1v) is 5.61. The summed E-state index contributed by atoms with van der Waals surface area (Å²) in [6, 6.07) is 1.52. The van der Waals surface area contributed by atoms with Gasteiger partial charge in [-0.05, 0) is 19.3 Å². The van der Waals surface area contributed by atoms with Crippen molar-refractivity contribution in [3.05, 3.63) is 17.5 Å². The normalized spacial score (nSPS) is 12.8. The van der Waals surface area contributed by atoms with Crippen LogP contribution in [-0.4, -0.2) is 17.2 Å². The molecule has 1 rings (SSSR count). The van der Waals surface area contributed by atoms with Gasteiger partial charge in [-0.25, -0.2) is 5.84 Å². The van der Waals surface area contributed by atoms with Gasteiger partial charge in [0.15, 0.2) is 11.5 Å². The van der Waals surface area contributed by atoms with E-state index >= 15 is 0 Å². The summed E-state index contributed by atoms with van der Waals surface area (Å²) < 4.78 is 10.5. The van der Waals surface area contributed by atoms with Crippen LogP contribution in [0, 0.1) is 5.92 Å². The smallest absolute Gasteiger partial charge is 0.287 e. The summed E-state index contributed by atoms with van der Waals surface area (Å²) in [6.07, 6.45) is 1.12. The molecule has 1 unspecified atom stereocenters. The molecular formula is C11H19N3O3. The Kier molecular flexibility index (Phi) is 5.11. The van der Waals surface area contributed by atoms with Crippen molar-refractivity contribution in [2.45, 2.75) is 39.9 Å². The summed E-state index contributed by atoms with van der Waals surface area (Å²) >= 11 is 0. The number of amides is 1. The van der Waals surface area contributed by atoms with Crippen LogP contribution < -0.4 is 11.3 Å². The molecule has 0 fully saturated rings. The van der Waals surface area contributed by atoms with Crippen LogP contribution in [0.15, 0.2) is 10.6 Å². The minimum absolute atomic E-state index is 0.145. The van der Waals surface area contributed by atoms with Gasteiger partial charge < -0.3 is 9.26 Å². The van der Waals surface area contributed by atoms with Gasteiger partial charge in [0.2, 0.25) is 0 Å². The summed E-state index contributed by atoms with van der Waals surface area (Å²) in [5, 5.41) is 3.58. The standard InChI is InChI=1S/C11H19N3O3/c1-7(2)4-8(3)16-6-9-5-10(14-17-9)11(15)13-12/h5,7-8H,4,6,12H2,1-3H3,(H,13,15). The van der Waals surface area contributed by atoms with E-state index in [0.29, 0.717) is 18.3 Å². The first-order chi connectivity index (χ1) is 8.02. The van der Waals surface area contributed by atoms with Gasteiger partial charge in [-0.2, -0.15) is 0 Å². The SMILES string of the molecule is CC(C)CC(C)OCc1cc(C(=O)NN)no1. The lowest BCUT2D eigenvalue weighted by Gasteiger charge is -2.13. The molecule has 0 radical (unpaired) electrons. The van der Waals surface area contributed by atoms with Crippen molar-refractivity contribution >= 4 is 5.91 Å². The Morgan fingerprint density at radius 3 is 2.88 bits per heavy atom. The molecule has 0 saturated carbocycles. The molecule has 1 aromatic heterocycles. The Balaban J connectivity index is 2.42. The fourth-order valence-electron chi connectivity index (χ4n) is 1.52. The third-order valence-electron chi connectivity index (χ3n) is 2.24. The molecule has 96 valence electrons. The zero-order chi connectivity index (χ0) is 12.8. The molecule has 3 N–H and O–H groups in total. The summed E-state index contributed by atoms with van der Waals surface area (Å²) in [6.45, 7) is 6.58. The fraction of sp³-hybridized carbons (Fsp3) is 0.636. The van der Waals surface area contributed by atoms with E-state index in [-0.39, 0.29) is 11.8 Å². The van der Waals surface area contributed by atoms with Crippen molar-refractivity contribution in [1.82, 2.24) is 10.6 Å². The fourth-order valence-corrected chi connectivity index (χ4v) is 1.52. The Labute approximate surface area is 100 Å². The monoisotopic (exact) mass is 241 g/mol. The Morgan fingerprint density at radius 1 is 1.59 bits per heavy atom. The zero-order valence-electron chi connectivity index (χ0n) is 10.4. The first-order valence-electron chi connectivity index (χ1n) is 5.61. The number of aromatic nitrogens is 1. The molecule has 1 amide bonds. The average molecular weight is 241 g/mol.